The number of nitro groups is 2. The highest BCUT2D eigenvalue weighted by Crippen LogP contribution is 2.34. The van der Waals surface area contributed by atoms with Crippen LogP contribution >= 0.6 is 0 Å². The molecule has 2 aromatic carbocycles. The van der Waals surface area contributed by atoms with Crippen LogP contribution in [0.2, 0.25) is 0 Å². The van der Waals surface area contributed by atoms with Crippen LogP contribution in [0.4, 0.5) is 17.3 Å². The Kier molecular flexibility index (Phi) is 5.55. The Morgan fingerprint density at radius 1 is 1.10 bits per heavy atom. The van der Waals surface area contributed by atoms with Gasteiger partial charge in [0.2, 0.25) is 11.6 Å². The predicted molar refractivity (Wildman–Crippen MR) is 106 cm³/mol. The second kappa shape index (κ2) is 8.24. The van der Waals surface area contributed by atoms with Gasteiger partial charge < -0.3 is 9.15 Å². The van der Waals surface area contributed by atoms with Gasteiger partial charge in [0.1, 0.15) is 23.1 Å². The maximum atomic E-state index is 11.2. The molecule has 0 bridgehead atoms. The van der Waals surface area contributed by atoms with Gasteiger partial charge in [0.25, 0.3) is 5.69 Å². The van der Waals surface area contributed by atoms with Gasteiger partial charge in [0, 0.05) is 17.8 Å². The smallest absolute Gasteiger partial charge is 0.318 e. The van der Waals surface area contributed by atoms with Crippen LogP contribution < -0.4 is 4.74 Å². The van der Waals surface area contributed by atoms with Crippen molar-refractivity contribution >= 4 is 23.5 Å². The van der Waals surface area contributed by atoms with Gasteiger partial charge in [-0.25, -0.2) is 4.99 Å². The first-order valence-corrected chi connectivity index (χ1v) is 8.55. The largest absolute Gasteiger partial charge is 0.450 e. The lowest BCUT2D eigenvalue weighted by Gasteiger charge is -2.06. The van der Waals surface area contributed by atoms with Gasteiger partial charge >= 0.3 is 5.69 Å². The van der Waals surface area contributed by atoms with E-state index in [4.69, 9.17) is 9.15 Å². The Balaban J connectivity index is 1.80. The van der Waals surface area contributed by atoms with E-state index in [2.05, 4.69) is 11.1 Å². The highest BCUT2D eigenvalue weighted by atomic mass is 16.6. The zero-order chi connectivity index (χ0) is 21.8. The van der Waals surface area contributed by atoms with Crippen LogP contribution in [-0.4, -0.2) is 16.1 Å². The fourth-order valence-electron chi connectivity index (χ4n) is 2.56. The number of benzene rings is 2. The molecule has 0 unspecified atom stereocenters. The molecule has 10 heteroatoms. The van der Waals surface area contributed by atoms with Gasteiger partial charge in [0.05, 0.1) is 15.9 Å². The molecule has 0 aliphatic rings. The van der Waals surface area contributed by atoms with Crippen molar-refractivity contribution in [2.75, 3.05) is 0 Å². The molecule has 150 valence electrons. The maximum absolute atomic E-state index is 11.2. The number of nitro benzene ring substituents is 2. The third kappa shape index (κ3) is 4.15. The number of hydrogen-bond acceptors (Lipinski definition) is 8. The van der Waals surface area contributed by atoms with Gasteiger partial charge in [0.15, 0.2) is 0 Å². The molecular formula is C20H14N4O6. The Morgan fingerprint density at radius 3 is 2.40 bits per heavy atom. The molecular weight excluding hydrogens is 392 g/mol. The zero-order valence-corrected chi connectivity index (χ0v) is 15.9. The van der Waals surface area contributed by atoms with Crippen molar-refractivity contribution in [2.45, 2.75) is 13.8 Å². The highest BCUT2D eigenvalue weighted by Gasteiger charge is 2.21. The van der Waals surface area contributed by atoms with E-state index in [1.807, 2.05) is 0 Å². The quantitative estimate of drug-likeness (QED) is 0.313. The molecule has 0 aliphatic heterocycles. The third-order valence-corrected chi connectivity index (χ3v) is 4.27. The number of hydrogen-bond donors (Lipinski definition) is 0. The van der Waals surface area contributed by atoms with E-state index in [1.54, 1.807) is 38.1 Å². The molecule has 0 amide bonds. The molecule has 1 heterocycles. The molecule has 3 rings (SSSR count). The molecule has 0 N–H and O–H groups in total. The molecule has 0 saturated heterocycles. The third-order valence-electron chi connectivity index (χ3n) is 4.27. The number of rotatable bonds is 6. The standard InChI is InChI=1S/C20H14N4O6/c1-12-13(2)29-20(17(12)10-21)22-11-14-3-6-16(7-4-14)30-19-8-5-15(23(25)26)9-18(19)24(27)28/h3-9,11H,1-2H3. The SMILES string of the molecule is Cc1oc(N=Cc2ccc(Oc3ccc([N+](=O)[O-])cc3[N+](=O)[O-])cc2)c(C#N)c1C. The second-order valence-electron chi connectivity index (χ2n) is 6.17. The lowest BCUT2D eigenvalue weighted by atomic mass is 10.2. The van der Waals surface area contributed by atoms with Gasteiger partial charge in [-0.1, -0.05) is 0 Å². The molecule has 1 aromatic heterocycles. The van der Waals surface area contributed by atoms with Crippen molar-refractivity contribution in [3.63, 3.8) is 0 Å². The molecule has 0 fully saturated rings. The lowest BCUT2D eigenvalue weighted by Crippen LogP contribution is -1.96. The van der Waals surface area contributed by atoms with E-state index in [9.17, 15) is 25.5 Å². The summed E-state index contributed by atoms with van der Waals surface area (Å²) in [5.41, 5.74) is 0.867. The van der Waals surface area contributed by atoms with Crippen LogP contribution in [0.3, 0.4) is 0 Å². The number of ether oxygens (including phenoxy) is 1. The minimum atomic E-state index is -0.747. The van der Waals surface area contributed by atoms with Crippen molar-refractivity contribution in [3.8, 4) is 17.6 Å². The summed E-state index contributed by atoms with van der Waals surface area (Å²) in [5.74, 6) is 1.01. The zero-order valence-electron chi connectivity index (χ0n) is 15.9. The monoisotopic (exact) mass is 406 g/mol. The normalized spacial score (nSPS) is 10.7. The Morgan fingerprint density at radius 2 is 1.80 bits per heavy atom. The lowest BCUT2D eigenvalue weighted by molar-refractivity contribution is -0.394. The summed E-state index contributed by atoms with van der Waals surface area (Å²) in [6.45, 7) is 3.53. The maximum Gasteiger partial charge on any atom is 0.318 e. The number of nitrogens with zero attached hydrogens (tertiary/aromatic N) is 4. The predicted octanol–water partition coefficient (Wildman–Crippen LogP) is 5.13. The Labute approximate surface area is 170 Å². The van der Waals surface area contributed by atoms with Gasteiger partial charge in [-0.2, -0.15) is 5.26 Å². The first-order valence-electron chi connectivity index (χ1n) is 8.55. The van der Waals surface area contributed by atoms with Gasteiger partial charge in [-0.05, 0) is 49.7 Å². The molecule has 0 radical (unpaired) electrons. The van der Waals surface area contributed by atoms with Crippen LogP contribution in [0, 0.1) is 45.4 Å². The average Bonchev–Trinajstić information content (AvgIpc) is 3.00. The minimum Gasteiger partial charge on any atom is -0.450 e. The van der Waals surface area contributed by atoms with E-state index < -0.39 is 21.2 Å². The Bertz CT molecular complexity index is 1210. The van der Waals surface area contributed by atoms with Crippen LogP contribution in [0.25, 0.3) is 0 Å². The van der Waals surface area contributed by atoms with E-state index in [0.29, 0.717) is 22.6 Å². The van der Waals surface area contributed by atoms with Crippen LogP contribution in [0.1, 0.15) is 22.5 Å². The summed E-state index contributed by atoms with van der Waals surface area (Å²) in [6, 6.07) is 11.7. The number of aliphatic imine (C=N–C) groups is 1. The summed E-state index contributed by atoms with van der Waals surface area (Å²) in [5, 5.41) is 31.2. The summed E-state index contributed by atoms with van der Waals surface area (Å²) in [7, 11) is 0. The minimum absolute atomic E-state index is 0.118. The number of furan rings is 1. The van der Waals surface area contributed by atoms with Crippen molar-refractivity contribution < 1.29 is 19.0 Å². The number of non-ortho nitro benzene ring substituents is 1. The topological polar surface area (TPSA) is 145 Å². The van der Waals surface area contributed by atoms with Crippen molar-refractivity contribution in [1.82, 2.24) is 0 Å². The summed E-state index contributed by atoms with van der Waals surface area (Å²) in [4.78, 5) is 24.7. The molecule has 0 aliphatic carbocycles. The fourth-order valence-corrected chi connectivity index (χ4v) is 2.56. The second-order valence-corrected chi connectivity index (χ2v) is 6.17. The first-order chi connectivity index (χ1) is 14.3. The van der Waals surface area contributed by atoms with Crippen LogP contribution in [-0.2, 0) is 0 Å². The van der Waals surface area contributed by atoms with Crippen molar-refractivity contribution in [1.29, 1.82) is 5.26 Å². The van der Waals surface area contributed by atoms with Gasteiger partial charge in [-0.3, -0.25) is 20.2 Å². The number of aryl methyl sites for hydroxylation is 1. The Hall–Kier alpha value is -4.52. The van der Waals surface area contributed by atoms with E-state index >= 15 is 0 Å². The fraction of sp³-hybridized carbons (Fsp3) is 0.100. The van der Waals surface area contributed by atoms with E-state index in [0.717, 1.165) is 17.7 Å². The molecule has 3 aromatic rings. The van der Waals surface area contributed by atoms with Crippen LogP contribution in [0.5, 0.6) is 11.5 Å². The first kappa shape index (κ1) is 20.2. The summed E-state index contributed by atoms with van der Waals surface area (Å²) < 4.78 is 11.0. The van der Waals surface area contributed by atoms with E-state index in [-0.39, 0.29) is 11.6 Å². The summed E-state index contributed by atoms with van der Waals surface area (Å²) in [6.07, 6.45) is 1.51. The van der Waals surface area contributed by atoms with Gasteiger partial charge in [-0.15, -0.1) is 0 Å². The molecule has 30 heavy (non-hydrogen) atoms. The molecule has 0 spiro atoms. The van der Waals surface area contributed by atoms with Crippen molar-refractivity contribution in [3.05, 3.63) is 85.1 Å². The molecule has 10 nitrogen and oxygen atoms in total. The molecule has 0 atom stereocenters. The average molecular weight is 406 g/mol. The molecule has 0 saturated carbocycles. The van der Waals surface area contributed by atoms with E-state index in [1.165, 1.54) is 12.3 Å². The van der Waals surface area contributed by atoms with Crippen molar-refractivity contribution in [2.24, 2.45) is 4.99 Å². The number of nitriles is 1. The highest BCUT2D eigenvalue weighted by molar-refractivity contribution is 5.82. The van der Waals surface area contributed by atoms with Crippen LogP contribution in [0.15, 0.2) is 51.9 Å². The summed E-state index contributed by atoms with van der Waals surface area (Å²) >= 11 is 0.